The molecule has 3 nitrogen and oxygen atoms in total. The van der Waals surface area contributed by atoms with Crippen molar-refractivity contribution in [1.29, 1.82) is 0 Å². The summed E-state index contributed by atoms with van der Waals surface area (Å²) in [5.74, 6) is 0. The van der Waals surface area contributed by atoms with Crippen LogP contribution >= 0.6 is 11.3 Å². The lowest BCUT2D eigenvalue weighted by Gasteiger charge is -2.41. The summed E-state index contributed by atoms with van der Waals surface area (Å²) in [6.07, 6.45) is 1.01. The Morgan fingerprint density at radius 3 is 2.89 bits per heavy atom. The second-order valence-corrected chi connectivity index (χ2v) is 6.45. The molecule has 3 unspecified atom stereocenters. The van der Waals surface area contributed by atoms with Gasteiger partial charge in [0.2, 0.25) is 0 Å². The van der Waals surface area contributed by atoms with Gasteiger partial charge in [0.05, 0.1) is 19.3 Å². The van der Waals surface area contributed by atoms with E-state index >= 15 is 0 Å². The van der Waals surface area contributed by atoms with Crippen LogP contribution < -0.4 is 5.73 Å². The van der Waals surface area contributed by atoms with E-state index in [2.05, 4.69) is 37.8 Å². The van der Waals surface area contributed by atoms with Crippen molar-refractivity contribution in [2.24, 2.45) is 5.73 Å². The second-order valence-electron chi connectivity index (χ2n) is 5.13. The lowest BCUT2D eigenvalue weighted by atomic mass is 10.0. The maximum atomic E-state index is 6.38. The molecule has 1 aliphatic heterocycles. The molecule has 1 fully saturated rings. The van der Waals surface area contributed by atoms with E-state index in [1.807, 2.05) is 11.3 Å². The van der Waals surface area contributed by atoms with Gasteiger partial charge in [-0.2, -0.15) is 0 Å². The first kappa shape index (κ1) is 14.0. The van der Waals surface area contributed by atoms with Gasteiger partial charge in [0.1, 0.15) is 0 Å². The van der Waals surface area contributed by atoms with Crippen LogP contribution in [0.2, 0.25) is 0 Å². The van der Waals surface area contributed by atoms with Gasteiger partial charge in [-0.15, -0.1) is 11.3 Å². The quantitative estimate of drug-likeness (QED) is 0.912. The molecular formula is C14H24N2OS. The van der Waals surface area contributed by atoms with Gasteiger partial charge in [-0.05, 0) is 32.4 Å². The minimum Gasteiger partial charge on any atom is -0.379 e. The minimum absolute atomic E-state index is 0.198. The van der Waals surface area contributed by atoms with Crippen molar-refractivity contribution in [2.45, 2.75) is 45.3 Å². The SMILES string of the molecule is CCC(N)C(c1ccc(C)s1)N1CCOCC1C. The lowest BCUT2D eigenvalue weighted by molar-refractivity contribution is -0.0274. The third-order valence-electron chi connectivity index (χ3n) is 3.71. The topological polar surface area (TPSA) is 38.5 Å². The molecule has 2 heterocycles. The molecule has 1 aliphatic rings. The number of aryl methyl sites for hydroxylation is 1. The molecule has 1 saturated heterocycles. The third-order valence-corrected chi connectivity index (χ3v) is 4.78. The number of nitrogens with zero attached hydrogens (tertiary/aromatic N) is 1. The Balaban J connectivity index is 2.24. The number of morpholine rings is 1. The first-order valence-electron chi connectivity index (χ1n) is 6.79. The van der Waals surface area contributed by atoms with Crippen LogP contribution in [0.15, 0.2) is 12.1 Å². The summed E-state index contributed by atoms with van der Waals surface area (Å²) in [6, 6.07) is 5.42. The van der Waals surface area contributed by atoms with Crippen LogP contribution in [-0.2, 0) is 4.74 Å². The van der Waals surface area contributed by atoms with Gasteiger partial charge in [0.15, 0.2) is 0 Å². The summed E-state index contributed by atoms with van der Waals surface area (Å²) in [4.78, 5) is 5.28. The van der Waals surface area contributed by atoms with Crippen molar-refractivity contribution in [3.63, 3.8) is 0 Å². The Hall–Kier alpha value is -0.420. The molecule has 1 aromatic heterocycles. The molecule has 0 amide bonds. The van der Waals surface area contributed by atoms with Gasteiger partial charge in [-0.3, -0.25) is 4.90 Å². The van der Waals surface area contributed by atoms with Crippen molar-refractivity contribution in [1.82, 2.24) is 4.90 Å². The Kier molecular flexibility index (Phi) is 4.78. The van der Waals surface area contributed by atoms with Crippen molar-refractivity contribution in [3.8, 4) is 0 Å². The maximum absolute atomic E-state index is 6.38. The molecule has 2 rings (SSSR count). The number of nitrogens with two attached hydrogens (primary N) is 1. The molecule has 3 atom stereocenters. The highest BCUT2D eigenvalue weighted by molar-refractivity contribution is 7.12. The van der Waals surface area contributed by atoms with Gasteiger partial charge in [0.25, 0.3) is 0 Å². The van der Waals surface area contributed by atoms with Crippen LogP contribution in [0.5, 0.6) is 0 Å². The van der Waals surface area contributed by atoms with E-state index in [4.69, 9.17) is 10.5 Å². The summed E-state index contributed by atoms with van der Waals surface area (Å²) < 4.78 is 5.54. The predicted octanol–water partition coefficient (Wildman–Crippen LogP) is 2.56. The van der Waals surface area contributed by atoms with E-state index in [9.17, 15) is 0 Å². The zero-order chi connectivity index (χ0) is 13.1. The Morgan fingerprint density at radius 1 is 1.56 bits per heavy atom. The smallest absolute Gasteiger partial charge is 0.0620 e. The molecule has 1 aromatic rings. The van der Waals surface area contributed by atoms with E-state index in [0.717, 1.165) is 26.2 Å². The summed E-state index contributed by atoms with van der Waals surface area (Å²) >= 11 is 1.87. The average molecular weight is 268 g/mol. The molecular weight excluding hydrogens is 244 g/mol. The highest BCUT2D eigenvalue weighted by Crippen LogP contribution is 2.32. The molecule has 102 valence electrons. The fourth-order valence-corrected chi connectivity index (χ4v) is 3.68. The minimum atomic E-state index is 0.198. The number of hydrogen-bond donors (Lipinski definition) is 1. The molecule has 18 heavy (non-hydrogen) atoms. The van der Waals surface area contributed by atoms with Crippen LogP contribution in [0.25, 0.3) is 0 Å². The molecule has 4 heteroatoms. The Labute approximate surface area is 114 Å². The van der Waals surface area contributed by atoms with Gasteiger partial charge < -0.3 is 10.5 Å². The highest BCUT2D eigenvalue weighted by Gasteiger charge is 2.31. The number of ether oxygens (including phenoxy) is 1. The van der Waals surface area contributed by atoms with Crippen molar-refractivity contribution in [3.05, 3.63) is 21.9 Å². The number of thiophene rings is 1. The van der Waals surface area contributed by atoms with Crippen LogP contribution in [-0.4, -0.2) is 36.7 Å². The third kappa shape index (κ3) is 2.94. The summed E-state index contributed by atoms with van der Waals surface area (Å²) in [7, 11) is 0. The van der Waals surface area contributed by atoms with Crippen LogP contribution in [0, 0.1) is 6.92 Å². The Bertz CT molecular complexity index is 380. The Morgan fingerprint density at radius 2 is 2.33 bits per heavy atom. The predicted molar refractivity (Wildman–Crippen MR) is 77.1 cm³/mol. The number of hydrogen-bond acceptors (Lipinski definition) is 4. The molecule has 0 spiro atoms. The zero-order valence-corrected chi connectivity index (χ0v) is 12.4. The summed E-state index contributed by atoms with van der Waals surface area (Å²) in [5.41, 5.74) is 6.38. The van der Waals surface area contributed by atoms with E-state index in [-0.39, 0.29) is 6.04 Å². The van der Waals surface area contributed by atoms with Gasteiger partial charge in [-0.1, -0.05) is 6.92 Å². The highest BCUT2D eigenvalue weighted by atomic mass is 32.1. The van der Waals surface area contributed by atoms with Gasteiger partial charge in [-0.25, -0.2) is 0 Å². The largest absolute Gasteiger partial charge is 0.379 e. The van der Waals surface area contributed by atoms with Crippen LogP contribution in [0.1, 0.15) is 36.1 Å². The molecule has 2 N–H and O–H groups in total. The molecule has 0 saturated carbocycles. The van der Waals surface area contributed by atoms with E-state index < -0.39 is 0 Å². The molecule has 0 radical (unpaired) electrons. The lowest BCUT2D eigenvalue weighted by Crippen LogP contribution is -2.50. The maximum Gasteiger partial charge on any atom is 0.0620 e. The van der Waals surface area contributed by atoms with E-state index in [1.165, 1.54) is 9.75 Å². The fraction of sp³-hybridized carbons (Fsp3) is 0.714. The summed E-state index contributed by atoms with van der Waals surface area (Å²) in [5, 5.41) is 0. The monoisotopic (exact) mass is 268 g/mol. The van der Waals surface area contributed by atoms with Crippen LogP contribution in [0.4, 0.5) is 0 Å². The average Bonchev–Trinajstić information content (AvgIpc) is 2.78. The van der Waals surface area contributed by atoms with Gasteiger partial charge in [0, 0.05) is 28.4 Å². The normalized spacial score (nSPS) is 25.0. The molecule has 0 aromatic carbocycles. The van der Waals surface area contributed by atoms with Gasteiger partial charge >= 0.3 is 0 Å². The van der Waals surface area contributed by atoms with Crippen LogP contribution in [0.3, 0.4) is 0 Å². The molecule has 0 bridgehead atoms. The second kappa shape index (κ2) is 6.15. The van der Waals surface area contributed by atoms with Crippen molar-refractivity contribution < 1.29 is 4.74 Å². The van der Waals surface area contributed by atoms with Crippen molar-refractivity contribution >= 4 is 11.3 Å². The molecule has 0 aliphatic carbocycles. The standard InChI is InChI=1S/C14H24N2OS/c1-4-12(15)14(13-6-5-11(3)18-13)16-7-8-17-9-10(16)2/h5-6,10,12,14H,4,7-9,15H2,1-3H3. The van der Waals surface area contributed by atoms with E-state index in [1.54, 1.807) is 0 Å². The van der Waals surface area contributed by atoms with E-state index in [0.29, 0.717) is 12.1 Å². The van der Waals surface area contributed by atoms with Crippen molar-refractivity contribution in [2.75, 3.05) is 19.8 Å². The first-order chi connectivity index (χ1) is 8.63. The zero-order valence-electron chi connectivity index (χ0n) is 11.6. The number of rotatable bonds is 4. The first-order valence-corrected chi connectivity index (χ1v) is 7.60. The fourth-order valence-electron chi connectivity index (χ4n) is 2.61. The summed E-state index contributed by atoms with van der Waals surface area (Å²) in [6.45, 7) is 9.18.